The molecule has 0 unspecified atom stereocenters. The average Bonchev–Trinajstić information content (AvgIpc) is 2.17. The van der Waals surface area contributed by atoms with Gasteiger partial charge in [-0.1, -0.05) is 0 Å². The van der Waals surface area contributed by atoms with Crippen LogP contribution in [0.1, 0.15) is 0 Å². The average molecular weight is 197 g/mol. The van der Waals surface area contributed by atoms with Crippen LogP contribution in [0.2, 0.25) is 0 Å². The van der Waals surface area contributed by atoms with Crippen molar-refractivity contribution in [2.45, 2.75) is 0 Å². The largest absolute Gasteiger partial charge is 0.496 e. The van der Waals surface area contributed by atoms with E-state index in [1.165, 1.54) is 13.2 Å². The zero-order valence-electron chi connectivity index (χ0n) is 7.26. The lowest BCUT2D eigenvalue weighted by Gasteiger charge is -2.03. The van der Waals surface area contributed by atoms with Gasteiger partial charge in [-0.2, -0.15) is 0 Å². The minimum absolute atomic E-state index is 0.167. The molecule has 0 bridgehead atoms. The molecule has 0 saturated heterocycles. The first-order valence-corrected chi connectivity index (χ1v) is 3.55. The number of nitro benzene ring substituents is 1. The van der Waals surface area contributed by atoms with Gasteiger partial charge in [0, 0.05) is 6.07 Å². The van der Waals surface area contributed by atoms with E-state index in [4.69, 9.17) is 10.5 Å². The van der Waals surface area contributed by atoms with Gasteiger partial charge in [0.1, 0.15) is 17.1 Å². The number of nitroso groups, excluding NO2 is 1. The molecule has 74 valence electrons. The summed E-state index contributed by atoms with van der Waals surface area (Å²) in [7, 11) is 1.32. The number of rotatable bonds is 3. The van der Waals surface area contributed by atoms with Gasteiger partial charge < -0.3 is 10.5 Å². The van der Waals surface area contributed by atoms with E-state index in [9.17, 15) is 15.0 Å². The molecule has 0 aliphatic heterocycles. The van der Waals surface area contributed by atoms with Crippen molar-refractivity contribution in [3.63, 3.8) is 0 Å². The van der Waals surface area contributed by atoms with Gasteiger partial charge in [0.05, 0.1) is 18.1 Å². The number of hydrogen-bond donors (Lipinski definition) is 1. The van der Waals surface area contributed by atoms with Crippen LogP contribution >= 0.6 is 0 Å². The normalized spacial score (nSPS) is 9.50. The summed E-state index contributed by atoms with van der Waals surface area (Å²) in [5, 5.41) is 13.0. The monoisotopic (exact) mass is 197 g/mol. The Balaban J connectivity index is 3.41. The van der Waals surface area contributed by atoms with Gasteiger partial charge in [0.2, 0.25) is 0 Å². The quantitative estimate of drug-likeness (QED) is 0.342. The number of benzene rings is 1. The van der Waals surface area contributed by atoms with E-state index in [-0.39, 0.29) is 22.8 Å². The number of nitrogens with two attached hydrogens (primary N) is 1. The Labute approximate surface area is 78.6 Å². The van der Waals surface area contributed by atoms with Crippen molar-refractivity contribution in [3.05, 3.63) is 27.2 Å². The summed E-state index contributed by atoms with van der Waals surface area (Å²) in [5.41, 5.74) is 4.48. The molecule has 0 fully saturated rings. The maximum Gasteiger partial charge on any atom is 0.298 e. The molecule has 14 heavy (non-hydrogen) atoms. The standard InChI is InChI=1S/C7H7N3O4/c1-14-4-2-5(9-11)7(8)6(3-4)10(12)13/h2-3H,8H2,1H3. The highest BCUT2D eigenvalue weighted by atomic mass is 16.6. The lowest BCUT2D eigenvalue weighted by atomic mass is 10.2. The number of nitrogen functional groups attached to an aromatic ring is 1. The van der Waals surface area contributed by atoms with Crippen molar-refractivity contribution in [3.8, 4) is 5.75 Å². The Kier molecular flexibility index (Phi) is 2.61. The molecular weight excluding hydrogens is 190 g/mol. The van der Waals surface area contributed by atoms with Crippen molar-refractivity contribution >= 4 is 17.1 Å². The highest BCUT2D eigenvalue weighted by molar-refractivity contribution is 5.75. The zero-order valence-corrected chi connectivity index (χ0v) is 7.26. The zero-order chi connectivity index (χ0) is 10.7. The highest BCUT2D eigenvalue weighted by Crippen LogP contribution is 2.35. The first-order valence-electron chi connectivity index (χ1n) is 3.55. The van der Waals surface area contributed by atoms with Crippen LogP contribution in [0.15, 0.2) is 17.3 Å². The third-order valence-electron chi connectivity index (χ3n) is 1.64. The summed E-state index contributed by atoms with van der Waals surface area (Å²) in [5.74, 6) is 0.167. The number of methoxy groups -OCH3 is 1. The predicted molar refractivity (Wildman–Crippen MR) is 49.5 cm³/mol. The topological polar surface area (TPSA) is 108 Å². The third-order valence-corrected chi connectivity index (χ3v) is 1.64. The summed E-state index contributed by atoms with van der Waals surface area (Å²) >= 11 is 0. The second kappa shape index (κ2) is 3.69. The first-order chi connectivity index (χ1) is 6.60. The van der Waals surface area contributed by atoms with E-state index in [0.717, 1.165) is 6.07 Å². The fraction of sp³-hybridized carbons (Fsp3) is 0.143. The van der Waals surface area contributed by atoms with Crippen molar-refractivity contribution < 1.29 is 9.66 Å². The molecule has 0 aliphatic carbocycles. The lowest BCUT2D eigenvalue weighted by Crippen LogP contribution is -1.96. The molecule has 1 aromatic rings. The molecule has 7 nitrogen and oxygen atoms in total. The fourth-order valence-corrected chi connectivity index (χ4v) is 0.942. The molecule has 1 rings (SSSR count). The third kappa shape index (κ3) is 1.60. The van der Waals surface area contributed by atoms with Crippen molar-refractivity contribution in [2.75, 3.05) is 12.8 Å². The molecule has 0 spiro atoms. The van der Waals surface area contributed by atoms with Crippen LogP contribution in [-0.2, 0) is 0 Å². The van der Waals surface area contributed by atoms with E-state index in [0.29, 0.717) is 0 Å². The number of nitro groups is 1. The molecule has 0 amide bonds. The second-order valence-electron chi connectivity index (χ2n) is 2.43. The molecule has 0 radical (unpaired) electrons. The second-order valence-corrected chi connectivity index (χ2v) is 2.43. The minimum Gasteiger partial charge on any atom is -0.496 e. The van der Waals surface area contributed by atoms with Crippen LogP contribution in [0.4, 0.5) is 17.1 Å². The molecule has 7 heteroatoms. The van der Waals surface area contributed by atoms with Crippen molar-refractivity contribution in [1.82, 2.24) is 0 Å². The van der Waals surface area contributed by atoms with Gasteiger partial charge in [-0.15, -0.1) is 4.91 Å². The fourth-order valence-electron chi connectivity index (χ4n) is 0.942. The first kappa shape index (κ1) is 9.90. The van der Waals surface area contributed by atoms with Gasteiger partial charge in [0.15, 0.2) is 0 Å². The van der Waals surface area contributed by atoms with E-state index in [2.05, 4.69) is 5.18 Å². The summed E-state index contributed by atoms with van der Waals surface area (Å²) in [4.78, 5) is 20.0. The number of nitrogens with zero attached hydrogens (tertiary/aromatic N) is 2. The van der Waals surface area contributed by atoms with Crippen LogP contribution in [0.3, 0.4) is 0 Å². The van der Waals surface area contributed by atoms with Crippen LogP contribution in [0.25, 0.3) is 0 Å². The van der Waals surface area contributed by atoms with Gasteiger partial charge in [-0.05, 0) is 5.18 Å². The SMILES string of the molecule is COc1cc(N=O)c(N)c([N+](=O)[O-])c1. The number of hydrogen-bond acceptors (Lipinski definition) is 6. The van der Waals surface area contributed by atoms with Gasteiger partial charge in [0.25, 0.3) is 5.69 Å². The van der Waals surface area contributed by atoms with Crippen molar-refractivity contribution in [1.29, 1.82) is 0 Å². The van der Waals surface area contributed by atoms with E-state index in [1.54, 1.807) is 0 Å². The molecule has 0 aliphatic rings. The van der Waals surface area contributed by atoms with Crippen LogP contribution in [0, 0.1) is 15.0 Å². The highest BCUT2D eigenvalue weighted by Gasteiger charge is 2.18. The van der Waals surface area contributed by atoms with E-state index < -0.39 is 4.92 Å². The van der Waals surface area contributed by atoms with Gasteiger partial charge >= 0.3 is 0 Å². The van der Waals surface area contributed by atoms with Gasteiger partial charge in [-0.3, -0.25) is 10.1 Å². The summed E-state index contributed by atoms with van der Waals surface area (Å²) < 4.78 is 4.74. The number of ether oxygens (including phenoxy) is 1. The number of anilines is 1. The van der Waals surface area contributed by atoms with E-state index in [1.807, 2.05) is 0 Å². The summed E-state index contributed by atoms with van der Waals surface area (Å²) in [6, 6.07) is 2.36. The Morgan fingerprint density at radius 1 is 1.57 bits per heavy atom. The molecular formula is C7H7N3O4. The maximum absolute atomic E-state index is 10.5. The molecule has 0 heterocycles. The Hall–Kier alpha value is -2.18. The molecule has 0 atom stereocenters. The van der Waals surface area contributed by atoms with Crippen molar-refractivity contribution in [2.24, 2.45) is 5.18 Å². The summed E-state index contributed by atoms with van der Waals surface area (Å²) in [6.07, 6.45) is 0. The Morgan fingerprint density at radius 3 is 2.64 bits per heavy atom. The predicted octanol–water partition coefficient (Wildman–Crippen LogP) is 1.58. The van der Waals surface area contributed by atoms with Crippen LogP contribution in [0.5, 0.6) is 5.75 Å². The Morgan fingerprint density at radius 2 is 2.21 bits per heavy atom. The molecule has 0 saturated carbocycles. The smallest absolute Gasteiger partial charge is 0.298 e. The van der Waals surface area contributed by atoms with Crippen LogP contribution in [-0.4, -0.2) is 12.0 Å². The van der Waals surface area contributed by atoms with Crippen LogP contribution < -0.4 is 10.5 Å². The lowest BCUT2D eigenvalue weighted by molar-refractivity contribution is -0.383. The maximum atomic E-state index is 10.5. The van der Waals surface area contributed by atoms with Gasteiger partial charge in [-0.25, -0.2) is 0 Å². The molecule has 0 aromatic heterocycles. The molecule has 2 N–H and O–H groups in total. The summed E-state index contributed by atoms with van der Waals surface area (Å²) in [6.45, 7) is 0. The Bertz CT molecular complexity index is 391. The minimum atomic E-state index is -0.702. The van der Waals surface area contributed by atoms with E-state index >= 15 is 0 Å². The molecule has 1 aromatic carbocycles.